The summed E-state index contributed by atoms with van der Waals surface area (Å²) in [5.74, 6) is 0.471. The van der Waals surface area contributed by atoms with Crippen molar-refractivity contribution >= 4 is 21.4 Å². The molecule has 1 fully saturated rings. The van der Waals surface area contributed by atoms with Gasteiger partial charge in [-0.1, -0.05) is 6.42 Å². The van der Waals surface area contributed by atoms with E-state index in [1.54, 1.807) is 6.07 Å². The molecule has 1 aromatic heterocycles. The minimum absolute atomic E-state index is 0.0104. The zero-order valence-electron chi connectivity index (χ0n) is 10.6. The van der Waals surface area contributed by atoms with E-state index in [0.29, 0.717) is 15.0 Å². The minimum Gasteiger partial charge on any atom is -0.391 e. The monoisotopic (exact) mass is 289 g/mol. The molecule has 0 radical (unpaired) electrons. The minimum atomic E-state index is -3.44. The highest BCUT2D eigenvalue weighted by molar-refractivity contribution is 7.91. The summed E-state index contributed by atoms with van der Waals surface area (Å²) in [5.41, 5.74) is 0.833. The standard InChI is InChI=1S/C12H19NO3S2/c1-8-6-12(17-11(8)7-14)18(15,16)13-9(2)10-4-3-5-10/h6,9-10,13-14H,3-5,7H2,1-2H3. The van der Waals surface area contributed by atoms with E-state index in [1.807, 2.05) is 13.8 Å². The number of hydrogen-bond donors (Lipinski definition) is 2. The molecule has 1 saturated carbocycles. The van der Waals surface area contributed by atoms with Crippen molar-refractivity contribution in [2.75, 3.05) is 0 Å². The fraction of sp³-hybridized carbons (Fsp3) is 0.667. The molecular weight excluding hydrogens is 270 g/mol. The van der Waals surface area contributed by atoms with Gasteiger partial charge >= 0.3 is 0 Å². The molecule has 2 rings (SSSR count). The second-order valence-electron chi connectivity index (χ2n) is 4.93. The number of hydrogen-bond acceptors (Lipinski definition) is 4. The lowest BCUT2D eigenvalue weighted by Crippen LogP contribution is -2.40. The molecule has 0 aromatic carbocycles. The van der Waals surface area contributed by atoms with E-state index in [1.165, 1.54) is 6.42 Å². The van der Waals surface area contributed by atoms with Crippen molar-refractivity contribution in [3.8, 4) is 0 Å². The summed E-state index contributed by atoms with van der Waals surface area (Å²) in [4.78, 5) is 0.715. The second-order valence-corrected chi connectivity index (χ2v) is 8.01. The molecule has 0 saturated heterocycles. The Hall–Kier alpha value is -0.430. The average Bonchev–Trinajstić information content (AvgIpc) is 2.56. The van der Waals surface area contributed by atoms with Crippen molar-refractivity contribution in [3.05, 3.63) is 16.5 Å². The maximum Gasteiger partial charge on any atom is 0.250 e. The number of thiophene rings is 1. The van der Waals surface area contributed by atoms with Gasteiger partial charge in [0.05, 0.1) is 6.61 Å². The third kappa shape index (κ3) is 2.77. The maximum atomic E-state index is 12.2. The number of aryl methyl sites for hydroxylation is 1. The van der Waals surface area contributed by atoms with Crippen LogP contribution in [0.5, 0.6) is 0 Å². The van der Waals surface area contributed by atoms with Crippen LogP contribution in [0.15, 0.2) is 10.3 Å². The van der Waals surface area contributed by atoms with Gasteiger partial charge < -0.3 is 5.11 Å². The normalized spacial score (nSPS) is 18.6. The van der Waals surface area contributed by atoms with Crippen molar-refractivity contribution in [3.63, 3.8) is 0 Å². The summed E-state index contributed by atoms with van der Waals surface area (Å²) in [6.45, 7) is 3.63. The van der Waals surface area contributed by atoms with Crippen molar-refractivity contribution in [1.29, 1.82) is 0 Å². The molecule has 1 aromatic rings. The first kappa shape index (κ1) is 14.0. The Morgan fingerprint density at radius 2 is 2.22 bits per heavy atom. The van der Waals surface area contributed by atoms with Gasteiger partial charge in [0.2, 0.25) is 10.0 Å². The van der Waals surface area contributed by atoms with Gasteiger partial charge in [-0.2, -0.15) is 0 Å². The van der Waals surface area contributed by atoms with Crippen molar-refractivity contribution in [1.82, 2.24) is 4.72 Å². The first-order valence-corrected chi connectivity index (χ1v) is 8.46. The number of nitrogens with one attached hydrogen (secondary N) is 1. The first-order valence-electron chi connectivity index (χ1n) is 6.16. The highest BCUT2D eigenvalue weighted by atomic mass is 32.2. The average molecular weight is 289 g/mol. The molecule has 0 spiro atoms. The van der Waals surface area contributed by atoms with Crippen LogP contribution in [0.4, 0.5) is 0 Å². The Morgan fingerprint density at radius 1 is 1.56 bits per heavy atom. The van der Waals surface area contributed by atoms with E-state index >= 15 is 0 Å². The van der Waals surface area contributed by atoms with E-state index in [0.717, 1.165) is 29.7 Å². The summed E-state index contributed by atoms with van der Waals surface area (Å²) in [6, 6.07) is 1.62. The number of rotatable bonds is 5. The van der Waals surface area contributed by atoms with Gasteiger partial charge in [-0.3, -0.25) is 0 Å². The van der Waals surface area contributed by atoms with Crippen molar-refractivity contribution in [2.45, 2.75) is 50.0 Å². The molecule has 18 heavy (non-hydrogen) atoms. The summed E-state index contributed by atoms with van der Waals surface area (Å²) in [6.07, 6.45) is 3.41. The highest BCUT2D eigenvalue weighted by Gasteiger charge is 2.28. The lowest BCUT2D eigenvalue weighted by Gasteiger charge is -2.31. The van der Waals surface area contributed by atoms with Gasteiger partial charge in [-0.15, -0.1) is 11.3 Å². The Morgan fingerprint density at radius 3 is 2.67 bits per heavy atom. The summed E-state index contributed by atoms with van der Waals surface area (Å²) in [5, 5.41) is 9.11. The number of aliphatic hydroxyl groups is 1. The zero-order chi connectivity index (χ0) is 13.3. The van der Waals surface area contributed by atoms with Crippen LogP contribution < -0.4 is 4.72 Å². The predicted octanol–water partition coefficient (Wildman–Crippen LogP) is 2.02. The Bertz CT molecular complexity index is 517. The van der Waals surface area contributed by atoms with Crippen LogP contribution in [-0.2, 0) is 16.6 Å². The Kier molecular flexibility index (Phi) is 4.11. The molecule has 102 valence electrons. The van der Waals surface area contributed by atoms with Crippen molar-refractivity contribution in [2.24, 2.45) is 5.92 Å². The van der Waals surface area contributed by atoms with E-state index in [-0.39, 0.29) is 12.6 Å². The van der Waals surface area contributed by atoms with Gasteiger partial charge in [-0.25, -0.2) is 13.1 Å². The second kappa shape index (κ2) is 5.28. The smallest absolute Gasteiger partial charge is 0.250 e. The molecule has 1 atom stereocenters. The van der Waals surface area contributed by atoms with Crippen molar-refractivity contribution < 1.29 is 13.5 Å². The first-order chi connectivity index (χ1) is 8.44. The lowest BCUT2D eigenvalue weighted by molar-refractivity contribution is 0.260. The van der Waals surface area contributed by atoms with Gasteiger partial charge in [0, 0.05) is 10.9 Å². The molecule has 2 N–H and O–H groups in total. The summed E-state index contributed by atoms with van der Waals surface area (Å²) < 4.78 is 27.4. The predicted molar refractivity (Wildman–Crippen MR) is 72.1 cm³/mol. The third-order valence-corrected chi connectivity index (χ3v) is 6.86. The van der Waals surface area contributed by atoms with Crippen LogP contribution in [0, 0.1) is 12.8 Å². The molecular formula is C12H19NO3S2. The topological polar surface area (TPSA) is 66.4 Å². The van der Waals surface area contributed by atoms with Gasteiger partial charge in [0.1, 0.15) is 4.21 Å². The van der Waals surface area contributed by atoms with Crippen LogP contribution in [0.1, 0.15) is 36.6 Å². The maximum absolute atomic E-state index is 12.2. The Balaban J connectivity index is 2.13. The van der Waals surface area contributed by atoms with Gasteiger partial charge in [0.25, 0.3) is 0 Å². The largest absolute Gasteiger partial charge is 0.391 e. The quantitative estimate of drug-likeness (QED) is 0.871. The fourth-order valence-electron chi connectivity index (χ4n) is 2.12. The summed E-state index contributed by atoms with van der Waals surface area (Å²) in [7, 11) is -3.44. The fourth-order valence-corrected chi connectivity index (χ4v) is 4.89. The SMILES string of the molecule is Cc1cc(S(=O)(=O)NC(C)C2CCC2)sc1CO. The van der Waals surface area contributed by atoms with E-state index in [4.69, 9.17) is 5.11 Å². The number of aliphatic hydroxyl groups excluding tert-OH is 1. The van der Waals surface area contributed by atoms with Crippen LogP contribution >= 0.6 is 11.3 Å². The van der Waals surface area contributed by atoms with Crippen LogP contribution in [0.2, 0.25) is 0 Å². The third-order valence-electron chi connectivity index (χ3n) is 3.60. The molecule has 1 unspecified atom stereocenters. The molecule has 0 amide bonds. The number of sulfonamides is 1. The van der Waals surface area contributed by atoms with Crippen LogP contribution in [0.3, 0.4) is 0 Å². The van der Waals surface area contributed by atoms with Gasteiger partial charge in [0.15, 0.2) is 0 Å². The van der Waals surface area contributed by atoms with E-state index in [9.17, 15) is 8.42 Å². The molecule has 1 aliphatic rings. The van der Waals surface area contributed by atoms with Crippen LogP contribution in [-0.4, -0.2) is 19.6 Å². The molecule has 0 bridgehead atoms. The summed E-state index contributed by atoms with van der Waals surface area (Å²) >= 11 is 1.15. The van der Waals surface area contributed by atoms with E-state index in [2.05, 4.69) is 4.72 Å². The molecule has 1 aliphatic carbocycles. The lowest BCUT2D eigenvalue weighted by atomic mass is 9.81. The molecule has 1 heterocycles. The van der Waals surface area contributed by atoms with Gasteiger partial charge in [-0.05, 0) is 44.2 Å². The van der Waals surface area contributed by atoms with E-state index < -0.39 is 10.0 Å². The van der Waals surface area contributed by atoms with Crippen LogP contribution in [0.25, 0.3) is 0 Å². The molecule has 0 aliphatic heterocycles. The zero-order valence-corrected chi connectivity index (χ0v) is 12.3. The molecule has 6 heteroatoms. The Labute approximate surface area is 112 Å². The highest BCUT2D eigenvalue weighted by Crippen LogP contribution is 2.31. The molecule has 4 nitrogen and oxygen atoms in total.